The quantitative estimate of drug-likeness (QED) is 0.789. The van der Waals surface area contributed by atoms with Crippen molar-refractivity contribution in [3.8, 4) is 17.0 Å². The van der Waals surface area contributed by atoms with E-state index in [0.29, 0.717) is 0 Å². The van der Waals surface area contributed by atoms with E-state index >= 15 is 0 Å². The van der Waals surface area contributed by atoms with Crippen molar-refractivity contribution in [3.63, 3.8) is 0 Å². The second-order valence-corrected chi connectivity index (χ2v) is 4.57. The van der Waals surface area contributed by atoms with Gasteiger partial charge in [0.05, 0.1) is 24.9 Å². The van der Waals surface area contributed by atoms with Crippen molar-refractivity contribution in [1.82, 2.24) is 4.98 Å². The van der Waals surface area contributed by atoms with Crippen LogP contribution in [0.4, 0.5) is 0 Å². The van der Waals surface area contributed by atoms with E-state index in [1.807, 2.05) is 54.6 Å². The van der Waals surface area contributed by atoms with E-state index in [9.17, 15) is 5.11 Å². The number of rotatable bonds is 3. The van der Waals surface area contributed by atoms with Crippen LogP contribution in [0.2, 0.25) is 0 Å². The topological polar surface area (TPSA) is 42.4 Å². The number of methoxy groups -OCH3 is 1. The maximum atomic E-state index is 9.60. The highest BCUT2D eigenvalue weighted by Gasteiger charge is 2.08. The molecule has 20 heavy (non-hydrogen) atoms. The molecular formula is C17H15NO2. The van der Waals surface area contributed by atoms with Crippen LogP contribution < -0.4 is 4.74 Å². The van der Waals surface area contributed by atoms with Crippen LogP contribution in [-0.2, 0) is 6.61 Å². The molecule has 0 saturated carbocycles. The average molecular weight is 265 g/mol. The van der Waals surface area contributed by atoms with Crippen LogP contribution in [0, 0.1) is 0 Å². The maximum Gasteiger partial charge on any atom is 0.119 e. The third-order valence-electron chi connectivity index (χ3n) is 3.34. The average Bonchev–Trinajstić information content (AvgIpc) is 2.54. The largest absolute Gasteiger partial charge is 0.497 e. The Kier molecular flexibility index (Phi) is 3.35. The normalized spacial score (nSPS) is 10.7. The standard InChI is InChI=1S/C17H15NO2/c1-20-14-7-8-16-15(10-14)13(11-19)9-17(18-16)12-5-3-2-4-6-12/h2-10,19H,11H2,1H3. The first kappa shape index (κ1) is 12.6. The van der Waals surface area contributed by atoms with Crippen molar-refractivity contribution in [2.45, 2.75) is 6.61 Å². The van der Waals surface area contributed by atoms with E-state index < -0.39 is 0 Å². The molecule has 1 N–H and O–H groups in total. The van der Waals surface area contributed by atoms with Crippen LogP contribution in [0.15, 0.2) is 54.6 Å². The minimum absolute atomic E-state index is 0.0218. The number of hydrogen-bond acceptors (Lipinski definition) is 3. The molecule has 3 nitrogen and oxygen atoms in total. The Hall–Kier alpha value is -2.39. The first-order valence-corrected chi connectivity index (χ1v) is 6.46. The third-order valence-corrected chi connectivity index (χ3v) is 3.34. The predicted octanol–water partition coefficient (Wildman–Crippen LogP) is 3.40. The Morgan fingerprint density at radius 2 is 1.85 bits per heavy atom. The molecule has 0 bridgehead atoms. The van der Waals surface area contributed by atoms with E-state index in [0.717, 1.165) is 33.5 Å². The Balaban J connectivity index is 2.22. The van der Waals surface area contributed by atoms with Gasteiger partial charge in [0.25, 0.3) is 0 Å². The summed E-state index contributed by atoms with van der Waals surface area (Å²) in [6.45, 7) is -0.0218. The number of hydrogen-bond donors (Lipinski definition) is 1. The summed E-state index contributed by atoms with van der Waals surface area (Å²) in [6.07, 6.45) is 0. The summed E-state index contributed by atoms with van der Waals surface area (Å²) in [5.41, 5.74) is 3.62. The Labute approximate surface area is 117 Å². The fourth-order valence-corrected chi connectivity index (χ4v) is 2.29. The van der Waals surface area contributed by atoms with Crippen molar-refractivity contribution >= 4 is 10.9 Å². The van der Waals surface area contributed by atoms with Gasteiger partial charge >= 0.3 is 0 Å². The number of aromatic nitrogens is 1. The Bertz CT molecular complexity index is 739. The Morgan fingerprint density at radius 1 is 1.05 bits per heavy atom. The first-order chi connectivity index (χ1) is 9.81. The van der Waals surface area contributed by atoms with E-state index in [2.05, 4.69) is 4.98 Å². The minimum Gasteiger partial charge on any atom is -0.497 e. The SMILES string of the molecule is COc1ccc2nc(-c3ccccc3)cc(CO)c2c1. The van der Waals surface area contributed by atoms with Gasteiger partial charge in [-0.3, -0.25) is 0 Å². The minimum atomic E-state index is -0.0218. The third kappa shape index (κ3) is 2.24. The molecule has 0 aliphatic heterocycles. The summed E-state index contributed by atoms with van der Waals surface area (Å²) in [5.74, 6) is 0.765. The van der Waals surface area contributed by atoms with Gasteiger partial charge in [-0.2, -0.15) is 0 Å². The molecule has 1 aromatic heterocycles. The van der Waals surface area contributed by atoms with E-state index in [1.165, 1.54) is 0 Å². The summed E-state index contributed by atoms with van der Waals surface area (Å²) < 4.78 is 5.23. The fourth-order valence-electron chi connectivity index (χ4n) is 2.29. The predicted molar refractivity (Wildman–Crippen MR) is 79.7 cm³/mol. The number of benzene rings is 2. The van der Waals surface area contributed by atoms with Crippen molar-refractivity contribution in [2.75, 3.05) is 7.11 Å². The van der Waals surface area contributed by atoms with Crippen LogP contribution in [0.1, 0.15) is 5.56 Å². The zero-order valence-electron chi connectivity index (χ0n) is 11.2. The molecule has 0 unspecified atom stereocenters. The molecule has 3 aromatic rings. The van der Waals surface area contributed by atoms with Crippen LogP contribution in [0.3, 0.4) is 0 Å². The molecule has 0 aliphatic carbocycles. The molecule has 1 heterocycles. The molecule has 0 amide bonds. The zero-order chi connectivity index (χ0) is 13.9. The van der Waals surface area contributed by atoms with Gasteiger partial charge in [-0.1, -0.05) is 30.3 Å². The highest BCUT2D eigenvalue weighted by atomic mass is 16.5. The van der Waals surface area contributed by atoms with Crippen molar-refractivity contribution in [2.24, 2.45) is 0 Å². The second kappa shape index (κ2) is 5.31. The highest BCUT2D eigenvalue weighted by Crippen LogP contribution is 2.27. The van der Waals surface area contributed by atoms with Gasteiger partial charge in [-0.05, 0) is 29.8 Å². The molecule has 0 atom stereocenters. The summed E-state index contributed by atoms with van der Waals surface area (Å²) in [6, 6.07) is 17.6. The lowest BCUT2D eigenvalue weighted by molar-refractivity contribution is 0.283. The van der Waals surface area contributed by atoms with E-state index in [-0.39, 0.29) is 6.61 Å². The van der Waals surface area contributed by atoms with Crippen molar-refractivity contribution in [1.29, 1.82) is 0 Å². The van der Waals surface area contributed by atoms with Gasteiger partial charge in [-0.25, -0.2) is 4.98 Å². The number of fused-ring (bicyclic) bond motifs is 1. The van der Waals surface area contributed by atoms with Crippen molar-refractivity contribution < 1.29 is 9.84 Å². The lowest BCUT2D eigenvalue weighted by Crippen LogP contribution is -1.93. The molecule has 2 aromatic carbocycles. The lowest BCUT2D eigenvalue weighted by atomic mass is 10.0. The van der Waals surface area contributed by atoms with E-state index in [1.54, 1.807) is 7.11 Å². The van der Waals surface area contributed by atoms with Gasteiger partial charge in [0, 0.05) is 10.9 Å². The zero-order valence-corrected chi connectivity index (χ0v) is 11.2. The second-order valence-electron chi connectivity index (χ2n) is 4.57. The van der Waals surface area contributed by atoms with Crippen LogP contribution in [-0.4, -0.2) is 17.2 Å². The molecule has 0 fully saturated rings. The molecule has 0 radical (unpaired) electrons. The van der Waals surface area contributed by atoms with Gasteiger partial charge in [0.1, 0.15) is 5.75 Å². The van der Waals surface area contributed by atoms with Gasteiger partial charge in [0.2, 0.25) is 0 Å². The fraction of sp³-hybridized carbons (Fsp3) is 0.118. The monoisotopic (exact) mass is 265 g/mol. The van der Waals surface area contributed by atoms with Gasteiger partial charge in [-0.15, -0.1) is 0 Å². The highest BCUT2D eigenvalue weighted by molar-refractivity contribution is 5.86. The number of pyridine rings is 1. The van der Waals surface area contributed by atoms with Gasteiger partial charge in [0.15, 0.2) is 0 Å². The van der Waals surface area contributed by atoms with Crippen LogP contribution >= 0.6 is 0 Å². The summed E-state index contributed by atoms with van der Waals surface area (Å²) in [7, 11) is 1.63. The molecule has 3 heteroatoms. The molecule has 0 spiro atoms. The smallest absolute Gasteiger partial charge is 0.119 e. The van der Waals surface area contributed by atoms with Gasteiger partial charge < -0.3 is 9.84 Å². The molecule has 3 rings (SSSR count). The number of aliphatic hydroxyl groups is 1. The Morgan fingerprint density at radius 3 is 2.55 bits per heavy atom. The van der Waals surface area contributed by atoms with E-state index in [4.69, 9.17) is 4.74 Å². The number of ether oxygens (including phenoxy) is 1. The van der Waals surface area contributed by atoms with Crippen LogP contribution in [0.25, 0.3) is 22.2 Å². The first-order valence-electron chi connectivity index (χ1n) is 6.46. The van der Waals surface area contributed by atoms with Crippen LogP contribution in [0.5, 0.6) is 5.75 Å². The maximum absolute atomic E-state index is 9.60. The molecular weight excluding hydrogens is 250 g/mol. The molecule has 0 saturated heterocycles. The summed E-state index contributed by atoms with van der Waals surface area (Å²) in [4.78, 5) is 4.66. The molecule has 0 aliphatic rings. The lowest BCUT2D eigenvalue weighted by Gasteiger charge is -2.09. The molecule has 100 valence electrons. The number of aliphatic hydroxyl groups excluding tert-OH is 1. The number of nitrogens with zero attached hydrogens (tertiary/aromatic N) is 1. The van der Waals surface area contributed by atoms with Crippen molar-refractivity contribution in [3.05, 3.63) is 60.2 Å². The summed E-state index contributed by atoms with van der Waals surface area (Å²) >= 11 is 0. The summed E-state index contributed by atoms with van der Waals surface area (Å²) in [5, 5.41) is 10.5.